The maximum Gasteiger partial charge on any atom is 0.251 e. The molecule has 7 heteroatoms. The van der Waals surface area contributed by atoms with Crippen molar-refractivity contribution < 1.29 is 13.2 Å². The van der Waals surface area contributed by atoms with E-state index in [1.165, 1.54) is 12.1 Å². The lowest BCUT2D eigenvalue weighted by molar-refractivity contribution is 0.0939. The molecule has 2 rings (SSSR count). The van der Waals surface area contributed by atoms with E-state index in [0.29, 0.717) is 5.02 Å². The minimum atomic E-state index is -3.60. The molecule has 1 unspecified atom stereocenters. The molecule has 0 aliphatic carbocycles. The highest BCUT2D eigenvalue weighted by Gasteiger charge is 2.16. The molecule has 0 saturated heterocycles. The van der Waals surface area contributed by atoms with E-state index in [1.807, 2.05) is 19.1 Å². The predicted octanol–water partition coefficient (Wildman–Crippen LogP) is 3.13. The van der Waals surface area contributed by atoms with Crippen LogP contribution in [0.1, 0.15) is 35.8 Å². The first kappa shape index (κ1) is 18.4. The van der Waals surface area contributed by atoms with Crippen LogP contribution in [0, 0.1) is 0 Å². The van der Waals surface area contributed by atoms with Crippen LogP contribution in [0.4, 0.5) is 0 Å². The number of amides is 1. The molecule has 0 heterocycles. The maximum absolute atomic E-state index is 12.4. The molecule has 2 N–H and O–H groups in total. The number of nitrogens with one attached hydrogen (secondary N) is 2. The number of carbonyl (C=O) groups is 1. The number of benzene rings is 2. The molecule has 0 radical (unpaired) electrons. The van der Waals surface area contributed by atoms with E-state index in [1.54, 1.807) is 31.2 Å². The van der Waals surface area contributed by atoms with Crippen molar-refractivity contribution >= 4 is 27.5 Å². The third-order valence-electron chi connectivity index (χ3n) is 3.44. The number of hydrogen-bond donors (Lipinski definition) is 2. The lowest BCUT2D eigenvalue weighted by atomic mass is 10.1. The van der Waals surface area contributed by atoms with Gasteiger partial charge in [-0.05, 0) is 42.8 Å². The number of sulfonamides is 1. The highest BCUT2D eigenvalue weighted by atomic mass is 35.5. The molecule has 0 aliphatic rings. The standard InChI is InChI=1S/C17H19ClN2O3S/c1-3-19-24(22,23)16-9-5-7-14(11-16)17(21)20-12(2)13-6-4-8-15(18)10-13/h4-12,19H,3H2,1-2H3,(H,20,21). The van der Waals surface area contributed by atoms with E-state index < -0.39 is 10.0 Å². The van der Waals surface area contributed by atoms with Gasteiger partial charge in [0.15, 0.2) is 0 Å². The Morgan fingerprint density at radius 2 is 1.88 bits per heavy atom. The smallest absolute Gasteiger partial charge is 0.251 e. The van der Waals surface area contributed by atoms with Crippen LogP contribution >= 0.6 is 11.6 Å². The fourth-order valence-corrected chi connectivity index (χ4v) is 3.50. The fraction of sp³-hybridized carbons (Fsp3) is 0.235. The van der Waals surface area contributed by atoms with E-state index in [-0.39, 0.29) is 29.0 Å². The van der Waals surface area contributed by atoms with Crippen LogP contribution in [0.15, 0.2) is 53.4 Å². The van der Waals surface area contributed by atoms with Crippen molar-refractivity contribution in [1.29, 1.82) is 0 Å². The summed E-state index contributed by atoms with van der Waals surface area (Å²) in [7, 11) is -3.60. The van der Waals surface area contributed by atoms with Crippen molar-refractivity contribution in [3.8, 4) is 0 Å². The number of halogens is 1. The molecule has 0 bridgehead atoms. The average molecular weight is 367 g/mol. The Kier molecular flexibility index (Phi) is 5.99. The van der Waals surface area contributed by atoms with Gasteiger partial charge in [0.05, 0.1) is 10.9 Å². The van der Waals surface area contributed by atoms with Gasteiger partial charge in [0, 0.05) is 17.1 Å². The molecule has 0 aromatic heterocycles. The second kappa shape index (κ2) is 7.79. The summed E-state index contributed by atoms with van der Waals surface area (Å²) in [4.78, 5) is 12.5. The summed E-state index contributed by atoms with van der Waals surface area (Å²) in [6.07, 6.45) is 0. The SMILES string of the molecule is CCNS(=O)(=O)c1cccc(C(=O)NC(C)c2cccc(Cl)c2)c1. The van der Waals surface area contributed by atoms with Gasteiger partial charge < -0.3 is 5.32 Å². The Labute approximate surface area is 147 Å². The van der Waals surface area contributed by atoms with Gasteiger partial charge in [-0.1, -0.05) is 36.7 Å². The topological polar surface area (TPSA) is 75.3 Å². The summed E-state index contributed by atoms with van der Waals surface area (Å²) in [5.41, 5.74) is 1.15. The van der Waals surface area contributed by atoms with E-state index in [9.17, 15) is 13.2 Å². The van der Waals surface area contributed by atoms with Gasteiger partial charge in [0.1, 0.15) is 0 Å². The van der Waals surface area contributed by atoms with Crippen LogP contribution in [0.25, 0.3) is 0 Å². The molecule has 1 atom stereocenters. The zero-order valence-corrected chi connectivity index (χ0v) is 15.0. The van der Waals surface area contributed by atoms with E-state index >= 15 is 0 Å². The molecule has 2 aromatic rings. The summed E-state index contributed by atoms with van der Waals surface area (Å²) >= 11 is 5.96. The van der Waals surface area contributed by atoms with Crippen LogP contribution in [-0.4, -0.2) is 20.9 Å². The highest BCUT2D eigenvalue weighted by molar-refractivity contribution is 7.89. The van der Waals surface area contributed by atoms with Crippen LogP contribution in [0.2, 0.25) is 5.02 Å². The molecule has 5 nitrogen and oxygen atoms in total. The quantitative estimate of drug-likeness (QED) is 0.824. The first-order valence-corrected chi connectivity index (χ1v) is 9.35. The first-order valence-electron chi connectivity index (χ1n) is 7.49. The van der Waals surface area contributed by atoms with Gasteiger partial charge in [-0.15, -0.1) is 0 Å². The average Bonchev–Trinajstić information content (AvgIpc) is 2.55. The van der Waals surface area contributed by atoms with Crippen molar-refractivity contribution in [3.63, 3.8) is 0 Å². The van der Waals surface area contributed by atoms with Gasteiger partial charge in [-0.2, -0.15) is 0 Å². The predicted molar refractivity (Wildman–Crippen MR) is 94.6 cm³/mol. The Balaban J connectivity index is 2.18. The third-order valence-corrected chi connectivity index (χ3v) is 5.22. The summed E-state index contributed by atoms with van der Waals surface area (Å²) in [6.45, 7) is 3.81. The Morgan fingerprint density at radius 3 is 2.54 bits per heavy atom. The van der Waals surface area contributed by atoms with Gasteiger partial charge in [0.2, 0.25) is 10.0 Å². The normalized spacial score (nSPS) is 12.6. The van der Waals surface area contributed by atoms with E-state index in [2.05, 4.69) is 10.0 Å². The number of hydrogen-bond acceptors (Lipinski definition) is 3. The maximum atomic E-state index is 12.4. The molecule has 24 heavy (non-hydrogen) atoms. The lowest BCUT2D eigenvalue weighted by Crippen LogP contribution is -2.27. The van der Waals surface area contributed by atoms with Crippen LogP contribution in [-0.2, 0) is 10.0 Å². The summed E-state index contributed by atoms with van der Waals surface area (Å²) in [5.74, 6) is -0.351. The van der Waals surface area contributed by atoms with Gasteiger partial charge >= 0.3 is 0 Å². The molecule has 128 valence electrons. The summed E-state index contributed by atoms with van der Waals surface area (Å²) in [5, 5.41) is 3.43. The van der Waals surface area contributed by atoms with Crippen molar-refractivity contribution in [2.45, 2.75) is 24.8 Å². The third kappa shape index (κ3) is 4.56. The molecule has 0 aliphatic heterocycles. The zero-order valence-electron chi connectivity index (χ0n) is 13.4. The largest absolute Gasteiger partial charge is 0.346 e. The lowest BCUT2D eigenvalue weighted by Gasteiger charge is -2.15. The van der Waals surface area contributed by atoms with Gasteiger partial charge in [-0.25, -0.2) is 13.1 Å². The van der Waals surface area contributed by atoms with E-state index in [0.717, 1.165) is 5.56 Å². The summed E-state index contributed by atoms with van der Waals surface area (Å²) in [6, 6.07) is 12.9. The molecule has 0 saturated carbocycles. The Hall–Kier alpha value is -1.89. The van der Waals surface area contributed by atoms with Crippen molar-refractivity contribution in [2.24, 2.45) is 0 Å². The number of carbonyl (C=O) groups excluding carboxylic acids is 1. The minimum absolute atomic E-state index is 0.0624. The Bertz CT molecular complexity index is 837. The first-order chi connectivity index (χ1) is 11.3. The molecular weight excluding hydrogens is 348 g/mol. The Morgan fingerprint density at radius 1 is 1.17 bits per heavy atom. The monoisotopic (exact) mass is 366 g/mol. The van der Waals surface area contributed by atoms with E-state index in [4.69, 9.17) is 11.6 Å². The van der Waals surface area contributed by atoms with Gasteiger partial charge in [0.25, 0.3) is 5.91 Å². The number of rotatable bonds is 6. The molecule has 0 spiro atoms. The minimum Gasteiger partial charge on any atom is -0.346 e. The molecule has 2 aromatic carbocycles. The zero-order chi connectivity index (χ0) is 17.7. The van der Waals surface area contributed by atoms with Crippen LogP contribution in [0.3, 0.4) is 0 Å². The fourth-order valence-electron chi connectivity index (χ4n) is 2.22. The second-order valence-corrected chi connectivity index (χ2v) is 7.48. The summed E-state index contributed by atoms with van der Waals surface area (Å²) < 4.78 is 26.5. The van der Waals surface area contributed by atoms with Crippen molar-refractivity contribution in [1.82, 2.24) is 10.0 Å². The van der Waals surface area contributed by atoms with Crippen molar-refractivity contribution in [2.75, 3.05) is 6.54 Å². The van der Waals surface area contributed by atoms with Crippen LogP contribution in [0.5, 0.6) is 0 Å². The molecule has 0 fully saturated rings. The molecular formula is C17H19ClN2O3S. The molecule has 1 amide bonds. The van der Waals surface area contributed by atoms with Crippen molar-refractivity contribution in [3.05, 3.63) is 64.7 Å². The van der Waals surface area contributed by atoms with Crippen LogP contribution < -0.4 is 10.0 Å². The highest BCUT2D eigenvalue weighted by Crippen LogP contribution is 2.18. The van der Waals surface area contributed by atoms with Gasteiger partial charge in [-0.3, -0.25) is 4.79 Å². The second-order valence-electron chi connectivity index (χ2n) is 5.28.